The first-order valence-electron chi connectivity index (χ1n) is 8.66. The SMILES string of the molecule is C.C.CCC(C)(C)CC(C)(C)c1ccc(OCCn2cccc2)cc1. The van der Waals surface area contributed by atoms with Crippen LogP contribution in [0.15, 0.2) is 48.8 Å². The molecule has 0 amide bonds. The summed E-state index contributed by atoms with van der Waals surface area (Å²) in [5.41, 5.74) is 1.94. The minimum absolute atomic E-state index is 0. The van der Waals surface area contributed by atoms with Gasteiger partial charge in [-0.15, -0.1) is 0 Å². The van der Waals surface area contributed by atoms with Gasteiger partial charge < -0.3 is 9.30 Å². The summed E-state index contributed by atoms with van der Waals surface area (Å²) in [5, 5.41) is 0. The Morgan fingerprint density at radius 3 is 2.00 bits per heavy atom. The predicted molar refractivity (Wildman–Crippen MR) is 112 cm³/mol. The Balaban J connectivity index is 0.00000288. The molecule has 25 heavy (non-hydrogen) atoms. The van der Waals surface area contributed by atoms with E-state index >= 15 is 0 Å². The fourth-order valence-corrected chi connectivity index (χ4v) is 3.21. The standard InChI is InChI=1S/C21H31NO.2CH4/c1-6-20(2,3)17-21(4,5)18-9-11-19(12-10-18)23-16-15-22-13-7-8-14-22;;/h7-14H,6,15-17H2,1-5H3;2*1H4. The van der Waals surface area contributed by atoms with Gasteiger partial charge in [-0.2, -0.15) is 0 Å². The third-order valence-corrected chi connectivity index (χ3v) is 4.80. The van der Waals surface area contributed by atoms with Gasteiger partial charge in [0.15, 0.2) is 0 Å². The minimum Gasteiger partial charge on any atom is -0.492 e. The van der Waals surface area contributed by atoms with E-state index < -0.39 is 0 Å². The molecule has 1 heterocycles. The molecule has 0 saturated carbocycles. The molecule has 0 aliphatic carbocycles. The van der Waals surface area contributed by atoms with E-state index in [0.29, 0.717) is 12.0 Å². The average molecular weight is 346 g/mol. The first-order valence-corrected chi connectivity index (χ1v) is 8.66. The molecule has 0 atom stereocenters. The molecule has 0 N–H and O–H groups in total. The summed E-state index contributed by atoms with van der Waals surface area (Å²) in [6.45, 7) is 13.2. The number of rotatable bonds is 8. The molecule has 2 rings (SSSR count). The molecule has 1 aromatic heterocycles. The molecule has 0 radical (unpaired) electrons. The van der Waals surface area contributed by atoms with Gasteiger partial charge in [0.05, 0.1) is 6.54 Å². The van der Waals surface area contributed by atoms with Gasteiger partial charge in [-0.1, -0.05) is 68.0 Å². The van der Waals surface area contributed by atoms with Crippen molar-refractivity contribution in [3.05, 3.63) is 54.4 Å². The van der Waals surface area contributed by atoms with Crippen LogP contribution in [-0.4, -0.2) is 11.2 Å². The zero-order valence-corrected chi connectivity index (χ0v) is 15.3. The monoisotopic (exact) mass is 345 g/mol. The second kappa shape index (κ2) is 9.70. The van der Waals surface area contributed by atoms with Gasteiger partial charge in [0.25, 0.3) is 0 Å². The molecule has 0 aliphatic rings. The Kier molecular flexibility index (Phi) is 9.04. The molecular formula is C23H39NO. The molecule has 1 aromatic carbocycles. The van der Waals surface area contributed by atoms with E-state index in [4.69, 9.17) is 4.74 Å². The molecule has 2 aromatic rings. The van der Waals surface area contributed by atoms with Crippen molar-refractivity contribution in [2.75, 3.05) is 6.61 Å². The van der Waals surface area contributed by atoms with E-state index in [9.17, 15) is 0 Å². The van der Waals surface area contributed by atoms with E-state index in [-0.39, 0.29) is 20.3 Å². The lowest BCUT2D eigenvalue weighted by molar-refractivity contribution is 0.248. The molecular weight excluding hydrogens is 306 g/mol. The van der Waals surface area contributed by atoms with Gasteiger partial charge in [-0.05, 0) is 47.1 Å². The van der Waals surface area contributed by atoms with Crippen LogP contribution in [0.1, 0.15) is 67.9 Å². The van der Waals surface area contributed by atoms with Crippen molar-refractivity contribution in [3.8, 4) is 5.75 Å². The van der Waals surface area contributed by atoms with E-state index in [2.05, 4.69) is 75.8 Å². The molecule has 2 heteroatoms. The third kappa shape index (κ3) is 6.97. The summed E-state index contributed by atoms with van der Waals surface area (Å²) in [4.78, 5) is 0. The van der Waals surface area contributed by atoms with Gasteiger partial charge in [0.2, 0.25) is 0 Å². The topological polar surface area (TPSA) is 14.2 Å². The van der Waals surface area contributed by atoms with Gasteiger partial charge in [0, 0.05) is 12.4 Å². The fourth-order valence-electron chi connectivity index (χ4n) is 3.21. The van der Waals surface area contributed by atoms with Crippen molar-refractivity contribution in [2.45, 2.75) is 74.3 Å². The number of benzene rings is 1. The van der Waals surface area contributed by atoms with Crippen molar-refractivity contribution in [3.63, 3.8) is 0 Å². The average Bonchev–Trinajstić information content (AvgIpc) is 3.00. The lowest BCUT2D eigenvalue weighted by Crippen LogP contribution is -2.26. The molecule has 0 saturated heterocycles. The van der Waals surface area contributed by atoms with Crippen molar-refractivity contribution >= 4 is 0 Å². The van der Waals surface area contributed by atoms with Crippen LogP contribution in [0.4, 0.5) is 0 Å². The van der Waals surface area contributed by atoms with Gasteiger partial charge >= 0.3 is 0 Å². The van der Waals surface area contributed by atoms with Crippen molar-refractivity contribution in [2.24, 2.45) is 5.41 Å². The Bertz CT molecular complexity index is 579. The highest BCUT2D eigenvalue weighted by Crippen LogP contribution is 2.38. The summed E-state index contributed by atoms with van der Waals surface area (Å²) in [6.07, 6.45) is 6.51. The van der Waals surface area contributed by atoms with E-state index in [1.807, 2.05) is 12.1 Å². The number of nitrogens with zero attached hydrogens (tertiary/aromatic N) is 1. The molecule has 0 aliphatic heterocycles. The Hall–Kier alpha value is -1.70. The van der Waals surface area contributed by atoms with Crippen molar-refractivity contribution in [1.29, 1.82) is 0 Å². The largest absolute Gasteiger partial charge is 0.492 e. The summed E-state index contributed by atoms with van der Waals surface area (Å²) in [6, 6.07) is 12.7. The maximum atomic E-state index is 5.85. The fraction of sp³-hybridized carbons (Fsp3) is 0.565. The predicted octanol–water partition coefficient (Wildman–Crippen LogP) is 6.94. The normalized spacial score (nSPS) is 11.4. The molecule has 0 bridgehead atoms. The minimum atomic E-state index is 0. The summed E-state index contributed by atoms with van der Waals surface area (Å²) in [7, 11) is 0. The highest BCUT2D eigenvalue weighted by Gasteiger charge is 2.28. The second-order valence-electron chi connectivity index (χ2n) is 7.87. The summed E-state index contributed by atoms with van der Waals surface area (Å²) < 4.78 is 7.98. The van der Waals surface area contributed by atoms with Crippen molar-refractivity contribution < 1.29 is 4.74 Å². The van der Waals surface area contributed by atoms with E-state index in [1.165, 1.54) is 18.4 Å². The van der Waals surface area contributed by atoms with Gasteiger partial charge in [-0.3, -0.25) is 0 Å². The molecule has 2 nitrogen and oxygen atoms in total. The van der Waals surface area contributed by atoms with E-state index in [1.54, 1.807) is 0 Å². The maximum absolute atomic E-state index is 5.85. The zero-order chi connectivity index (χ0) is 16.9. The molecule has 0 spiro atoms. The van der Waals surface area contributed by atoms with Crippen LogP contribution in [0.5, 0.6) is 5.75 Å². The van der Waals surface area contributed by atoms with Gasteiger partial charge in [-0.25, -0.2) is 0 Å². The number of hydrogen-bond acceptors (Lipinski definition) is 1. The Morgan fingerprint density at radius 1 is 0.920 bits per heavy atom. The number of hydrogen-bond donors (Lipinski definition) is 0. The number of aromatic nitrogens is 1. The lowest BCUT2D eigenvalue weighted by Gasteiger charge is -2.35. The van der Waals surface area contributed by atoms with Crippen LogP contribution in [0.25, 0.3) is 0 Å². The first-order chi connectivity index (χ1) is 10.8. The second-order valence-corrected chi connectivity index (χ2v) is 7.87. The Labute approximate surface area is 156 Å². The number of ether oxygens (including phenoxy) is 1. The van der Waals surface area contributed by atoms with Crippen LogP contribution in [0.3, 0.4) is 0 Å². The molecule has 0 unspecified atom stereocenters. The smallest absolute Gasteiger partial charge is 0.119 e. The Morgan fingerprint density at radius 2 is 1.48 bits per heavy atom. The highest BCUT2D eigenvalue weighted by atomic mass is 16.5. The lowest BCUT2D eigenvalue weighted by atomic mass is 9.70. The van der Waals surface area contributed by atoms with E-state index in [0.717, 1.165) is 12.3 Å². The highest BCUT2D eigenvalue weighted by molar-refractivity contribution is 5.31. The summed E-state index contributed by atoms with van der Waals surface area (Å²) in [5.74, 6) is 0.950. The van der Waals surface area contributed by atoms with Gasteiger partial charge in [0.1, 0.15) is 12.4 Å². The van der Waals surface area contributed by atoms with Crippen molar-refractivity contribution in [1.82, 2.24) is 4.57 Å². The van der Waals surface area contributed by atoms with Crippen LogP contribution in [-0.2, 0) is 12.0 Å². The quantitative estimate of drug-likeness (QED) is 0.505. The van der Waals surface area contributed by atoms with Crippen LogP contribution < -0.4 is 4.74 Å². The van der Waals surface area contributed by atoms with Crippen LogP contribution in [0, 0.1) is 5.41 Å². The van der Waals surface area contributed by atoms with Crippen LogP contribution in [0.2, 0.25) is 0 Å². The van der Waals surface area contributed by atoms with Crippen LogP contribution >= 0.6 is 0 Å². The maximum Gasteiger partial charge on any atom is 0.119 e. The summed E-state index contributed by atoms with van der Waals surface area (Å²) >= 11 is 0. The first kappa shape index (κ1) is 23.3. The molecule has 0 fully saturated rings. The molecule has 142 valence electrons. The third-order valence-electron chi connectivity index (χ3n) is 4.80. The zero-order valence-electron chi connectivity index (χ0n) is 15.3.